The van der Waals surface area contributed by atoms with Crippen LogP contribution in [0.5, 0.6) is 0 Å². The molecule has 9 heterocycles. The molecule has 0 N–H and O–H groups in total. The third-order valence-electron chi connectivity index (χ3n) is 26.2. The van der Waals surface area contributed by atoms with Crippen molar-refractivity contribution in [2.75, 3.05) is 58.9 Å². The van der Waals surface area contributed by atoms with Crippen molar-refractivity contribution in [2.24, 2.45) is 17.8 Å². The average molecular weight is 1900 g/mol. The van der Waals surface area contributed by atoms with Crippen molar-refractivity contribution in [3.63, 3.8) is 0 Å². The molecular weight excluding hydrogens is 1740 g/mol. The first-order valence-electron chi connectivity index (χ1n) is 52.8. The molecule has 0 bridgehead atoms. The van der Waals surface area contributed by atoms with E-state index in [9.17, 15) is 86.3 Å². The highest BCUT2D eigenvalue weighted by Crippen LogP contribution is 2.35. The number of likely N-dealkylation sites (N-methyl/N-ethyl adjacent to an activating group) is 2. The van der Waals surface area contributed by atoms with E-state index in [2.05, 4.69) is 32.9 Å². The van der Waals surface area contributed by atoms with Gasteiger partial charge in [0.15, 0.2) is 0 Å². The molecule has 0 aliphatic carbocycles. The van der Waals surface area contributed by atoms with Crippen LogP contribution in [-0.4, -0.2) is 209 Å². The summed E-state index contributed by atoms with van der Waals surface area (Å²) in [5.74, 6) is -1.75. The zero-order chi connectivity index (χ0) is 100. The lowest BCUT2D eigenvalue weighted by molar-refractivity contribution is -0.139. The first-order valence-corrected chi connectivity index (χ1v) is 52.8. The summed E-state index contributed by atoms with van der Waals surface area (Å²) in [6.45, 7) is 16.8. The highest BCUT2D eigenvalue weighted by molar-refractivity contribution is 6.17. The van der Waals surface area contributed by atoms with E-state index in [0.29, 0.717) is 65.3 Å². The van der Waals surface area contributed by atoms with Gasteiger partial charge in [-0.2, -0.15) is 0 Å². The zero-order valence-corrected chi connectivity index (χ0v) is 84.2. The van der Waals surface area contributed by atoms with Crippen LogP contribution in [0.25, 0.3) is 0 Å². The highest BCUT2D eigenvalue weighted by Gasteiger charge is 2.31. The molecule has 0 aromatic rings. The molecule has 9 rings (SSSR count). The molecule has 137 heavy (non-hydrogen) atoms. The largest absolute Gasteiger partial charge is 0.276 e. The van der Waals surface area contributed by atoms with Gasteiger partial charge < -0.3 is 0 Å². The Hall–Kier alpha value is -10.3. The summed E-state index contributed by atoms with van der Waals surface area (Å²) in [4.78, 5) is 215. The van der Waals surface area contributed by atoms with Gasteiger partial charge in [0.1, 0.15) is 0 Å². The molecule has 0 spiro atoms. The zero-order valence-electron chi connectivity index (χ0n) is 84.2. The second kappa shape index (κ2) is 73.8. The Morgan fingerprint density at radius 3 is 0.511 bits per heavy atom. The molecule has 0 saturated heterocycles. The lowest BCUT2D eigenvalue weighted by atomic mass is 9.78. The van der Waals surface area contributed by atoms with Gasteiger partial charge in [-0.3, -0.25) is 130 Å². The minimum absolute atomic E-state index is 0.128. The Kier molecular flexibility index (Phi) is 64.1. The van der Waals surface area contributed by atoms with Gasteiger partial charge in [0, 0.05) is 168 Å². The van der Waals surface area contributed by atoms with Crippen molar-refractivity contribution in [1.29, 1.82) is 0 Å². The molecule has 0 aromatic heterocycles. The molecule has 27 heteroatoms. The van der Waals surface area contributed by atoms with Crippen LogP contribution in [0.4, 0.5) is 0 Å². The molecule has 0 fully saturated rings. The molecule has 3 atom stereocenters. The minimum atomic E-state index is -0.282. The summed E-state index contributed by atoms with van der Waals surface area (Å²) in [6.07, 6.45) is 94.8. The number of nitrogens with zero attached hydrogens (tertiary/aromatic N) is 9. The molecule has 9 aliphatic rings. The quantitative estimate of drug-likeness (QED) is 0.0310. The monoisotopic (exact) mass is 1900 g/mol. The van der Waals surface area contributed by atoms with Crippen molar-refractivity contribution in [3.8, 4) is 0 Å². The van der Waals surface area contributed by atoms with Crippen LogP contribution < -0.4 is 0 Å². The summed E-state index contributed by atoms with van der Waals surface area (Å²) >= 11 is 0. The molecule has 0 radical (unpaired) electrons. The van der Waals surface area contributed by atoms with Crippen LogP contribution in [0.15, 0.2) is 122 Å². The molecular formula is C110H167N9O18. The number of unbranched alkanes of at least 4 members (excludes halogenated alkanes) is 41. The number of hydrogen-bond donors (Lipinski definition) is 0. The van der Waals surface area contributed by atoms with Gasteiger partial charge in [0.2, 0.25) is 0 Å². The summed E-state index contributed by atoms with van der Waals surface area (Å²) in [7, 11) is 0. The van der Waals surface area contributed by atoms with Gasteiger partial charge in [-0.15, -0.1) is 0 Å². The average Bonchev–Trinajstić information content (AvgIpc) is 1.74. The predicted molar refractivity (Wildman–Crippen MR) is 536 cm³/mol. The topological polar surface area (TPSA) is 336 Å². The Morgan fingerprint density at radius 1 is 0.175 bits per heavy atom. The maximum absolute atomic E-state index is 11.7. The van der Waals surface area contributed by atoms with E-state index < -0.39 is 0 Å². The number of carbonyl (C=O) groups is 18. The number of carbonyl (C=O) groups excluding carboxylic acids is 18. The number of hydrogen-bond acceptors (Lipinski definition) is 18. The van der Waals surface area contributed by atoms with Crippen LogP contribution in [0.2, 0.25) is 0 Å². The Labute approximate surface area is 818 Å². The number of imide groups is 9. The van der Waals surface area contributed by atoms with Gasteiger partial charge in [-0.05, 0) is 102 Å². The fraction of sp³-hybridized carbons (Fsp3) is 0.655. The summed E-state index contributed by atoms with van der Waals surface area (Å²) in [6, 6.07) is 0. The SMILES string of the molecule is CC(CCCN1C(=O)C=CC1=O)CN1C(=O)C=CC1=O.CCCCCCC/C=C/CCCCCCCN1C(=O)C=CC1=O.CCCCCCCCC(CCCCCCCCCN1C(=O)C=CC1=O)C(CCCCCCCC)CCCCCCCCCN1C(=O)C=CC1=O.CCN1C(=O)C=CC1=O.CCN1C(=O)C=CC1=O.O=C1C=CC(=O)N1CCCCCCCCCCCCN1C(=O)C=CC1=O. The lowest BCUT2D eigenvalue weighted by Crippen LogP contribution is -2.35. The van der Waals surface area contributed by atoms with Crippen molar-refractivity contribution >= 4 is 106 Å². The Bertz CT molecular complexity index is 3790. The third-order valence-corrected chi connectivity index (χ3v) is 26.2. The molecule has 0 saturated carbocycles. The standard InChI is InChI=1S/C44H76N2O4.C20H28N2O4.C20H33NO2.C14H16N2O4.2C6H7NO2/c1-3-5-7-9-17-23-29-39(31-25-19-13-11-15-21-27-37-45-41(47)33-34-42(45)48)40(30-24-18-10-8-6-4-2)32-26-20-14-12-16-22-28-38-46-43(49)35-36-44(46)50;23-17-11-12-18(24)21(17)15-9-7-5-3-1-2-4-6-8-10-16-22-19(25)13-14-20(22)26;1-2-3-4-5-6-7-8-9-10-11-12-13-14-15-18-21-19(22)16-17-20(21)23;1-10(9-16-13(19)6-7-14(16)20)3-2-8-15-11(17)4-5-12(15)18;2*1-2-7-5(8)3-4-6(7)9/h33-36,39-40H,3-32,37-38H2,1-2H3;11-14H,1-10,15-16H2;8-9,16-17H,2-7,10-15,18H2,1H3;4-7,10H,2-3,8-9H2,1H3;2*3-4H,2H2,1H3/b;;9-8+;;;. The number of allylic oxidation sites excluding steroid dienone is 2. The summed E-state index contributed by atoms with van der Waals surface area (Å²) in [5, 5.41) is 0. The summed E-state index contributed by atoms with van der Waals surface area (Å²) < 4.78 is 0. The molecule has 0 aromatic carbocycles. The van der Waals surface area contributed by atoms with E-state index in [1.165, 1.54) is 410 Å². The fourth-order valence-corrected chi connectivity index (χ4v) is 17.9. The summed E-state index contributed by atoms with van der Waals surface area (Å²) in [5.41, 5.74) is 0. The van der Waals surface area contributed by atoms with Crippen molar-refractivity contribution in [3.05, 3.63) is 122 Å². The predicted octanol–water partition coefficient (Wildman–Crippen LogP) is 19.8. The van der Waals surface area contributed by atoms with Crippen LogP contribution in [0, 0.1) is 17.8 Å². The van der Waals surface area contributed by atoms with Crippen molar-refractivity contribution in [1.82, 2.24) is 44.1 Å². The second-order valence-corrected chi connectivity index (χ2v) is 37.3. The molecule has 18 amide bonds. The van der Waals surface area contributed by atoms with Gasteiger partial charge in [0.05, 0.1) is 0 Å². The van der Waals surface area contributed by atoms with Gasteiger partial charge in [-0.25, -0.2) is 0 Å². The smallest absolute Gasteiger partial charge is 0.253 e. The first-order chi connectivity index (χ1) is 66.3. The van der Waals surface area contributed by atoms with E-state index in [-0.39, 0.29) is 112 Å². The highest BCUT2D eigenvalue weighted by atomic mass is 16.2. The van der Waals surface area contributed by atoms with Gasteiger partial charge in [-0.1, -0.05) is 316 Å². The van der Waals surface area contributed by atoms with E-state index in [4.69, 9.17) is 0 Å². The van der Waals surface area contributed by atoms with E-state index in [1.807, 2.05) is 6.92 Å². The minimum Gasteiger partial charge on any atom is -0.276 e. The molecule has 3 unspecified atom stereocenters. The van der Waals surface area contributed by atoms with Gasteiger partial charge in [0.25, 0.3) is 106 Å². The Balaban J connectivity index is 0.000000378. The van der Waals surface area contributed by atoms with E-state index >= 15 is 0 Å². The van der Waals surface area contributed by atoms with Gasteiger partial charge >= 0.3 is 0 Å². The van der Waals surface area contributed by atoms with Crippen LogP contribution in [0.3, 0.4) is 0 Å². The molecule has 760 valence electrons. The maximum Gasteiger partial charge on any atom is 0.253 e. The number of amides is 18. The van der Waals surface area contributed by atoms with Crippen LogP contribution in [-0.2, 0) is 86.3 Å². The maximum atomic E-state index is 11.7. The van der Waals surface area contributed by atoms with E-state index in [0.717, 1.165) is 95.3 Å². The fourth-order valence-electron chi connectivity index (χ4n) is 17.9. The molecule has 9 aliphatic heterocycles. The Morgan fingerprint density at radius 2 is 0.328 bits per heavy atom. The first kappa shape index (κ1) is 119. The lowest BCUT2D eigenvalue weighted by Gasteiger charge is -2.28. The van der Waals surface area contributed by atoms with E-state index in [1.54, 1.807) is 13.8 Å². The van der Waals surface area contributed by atoms with Crippen molar-refractivity contribution in [2.45, 2.75) is 388 Å². The second-order valence-electron chi connectivity index (χ2n) is 37.3. The third kappa shape index (κ3) is 50.2. The van der Waals surface area contributed by atoms with Crippen molar-refractivity contribution < 1.29 is 86.3 Å². The number of rotatable bonds is 70. The van der Waals surface area contributed by atoms with Crippen LogP contribution in [0.1, 0.15) is 388 Å². The molecule has 27 nitrogen and oxygen atoms in total. The van der Waals surface area contributed by atoms with Crippen LogP contribution >= 0.6 is 0 Å². The normalized spacial score (nSPS) is 16.5.